The molecule has 0 heterocycles. The third-order valence-electron chi connectivity index (χ3n) is 2.49. The Labute approximate surface area is 107 Å². The maximum absolute atomic E-state index is 10.5. The van der Waals surface area contributed by atoms with E-state index in [0.717, 1.165) is 23.6 Å². The van der Waals surface area contributed by atoms with Gasteiger partial charge in [0.05, 0.1) is 6.10 Å². The number of hydrogen-bond donors (Lipinski definition) is 2. The minimum Gasteiger partial charge on any atom is -0.508 e. The van der Waals surface area contributed by atoms with Gasteiger partial charge >= 0.3 is 5.97 Å². The zero-order valence-corrected chi connectivity index (χ0v) is 10.6. The summed E-state index contributed by atoms with van der Waals surface area (Å²) in [6.07, 6.45) is 3.29. The normalized spacial score (nSPS) is 12.8. The van der Waals surface area contributed by atoms with Crippen molar-refractivity contribution in [2.75, 3.05) is 6.61 Å². The van der Waals surface area contributed by atoms with Gasteiger partial charge in [0, 0.05) is 12.7 Å². The van der Waals surface area contributed by atoms with Crippen LogP contribution in [0.2, 0.25) is 0 Å². The monoisotopic (exact) mass is 250 g/mol. The molecule has 98 valence electrons. The minimum absolute atomic E-state index is 0.143. The van der Waals surface area contributed by atoms with E-state index >= 15 is 0 Å². The predicted molar refractivity (Wildman–Crippen MR) is 69.4 cm³/mol. The number of benzene rings is 1. The largest absolute Gasteiger partial charge is 0.508 e. The molecule has 2 N–H and O–H groups in total. The van der Waals surface area contributed by atoms with Gasteiger partial charge in [0.25, 0.3) is 0 Å². The van der Waals surface area contributed by atoms with Crippen LogP contribution in [0, 0.1) is 0 Å². The van der Waals surface area contributed by atoms with Crippen LogP contribution < -0.4 is 0 Å². The third kappa shape index (κ3) is 4.22. The number of phenols is 1. The summed E-state index contributed by atoms with van der Waals surface area (Å²) in [5, 5.41) is 18.1. The minimum atomic E-state index is -1.00. The first-order chi connectivity index (χ1) is 8.54. The van der Waals surface area contributed by atoms with Gasteiger partial charge in [-0.05, 0) is 42.7 Å². The number of rotatable bonds is 6. The lowest BCUT2D eigenvalue weighted by molar-refractivity contribution is -0.131. The summed E-state index contributed by atoms with van der Waals surface area (Å²) in [7, 11) is 0. The Morgan fingerprint density at radius 3 is 2.83 bits per heavy atom. The van der Waals surface area contributed by atoms with E-state index < -0.39 is 5.97 Å². The van der Waals surface area contributed by atoms with Gasteiger partial charge in [-0.25, -0.2) is 4.79 Å². The molecule has 0 bridgehead atoms. The number of carboxylic acid groups (broad SMARTS) is 1. The second kappa shape index (κ2) is 6.81. The molecule has 0 aliphatic heterocycles. The van der Waals surface area contributed by atoms with Crippen molar-refractivity contribution >= 4 is 12.0 Å². The molecule has 18 heavy (non-hydrogen) atoms. The standard InChI is InChI=1S/C14H18O4/c1-3-8-18-10(2)13-9-12(15)6-4-11(13)5-7-14(16)17/h4-7,9-10,15H,3,8H2,1-2H3,(H,16,17)/b7-5+. The summed E-state index contributed by atoms with van der Waals surface area (Å²) in [5.74, 6) is -0.861. The van der Waals surface area contributed by atoms with E-state index in [1.54, 1.807) is 12.1 Å². The molecule has 1 rings (SSSR count). The molecule has 0 aliphatic rings. The first-order valence-electron chi connectivity index (χ1n) is 5.90. The van der Waals surface area contributed by atoms with Gasteiger partial charge < -0.3 is 14.9 Å². The van der Waals surface area contributed by atoms with E-state index in [4.69, 9.17) is 9.84 Å². The summed E-state index contributed by atoms with van der Waals surface area (Å²) >= 11 is 0. The Balaban J connectivity index is 2.99. The zero-order chi connectivity index (χ0) is 13.5. The SMILES string of the molecule is CCCOC(C)c1cc(O)ccc1/C=C/C(=O)O. The van der Waals surface area contributed by atoms with Crippen molar-refractivity contribution in [3.63, 3.8) is 0 Å². The van der Waals surface area contributed by atoms with Crippen LogP contribution in [0.3, 0.4) is 0 Å². The molecule has 0 saturated heterocycles. The molecule has 1 atom stereocenters. The molecule has 0 spiro atoms. The maximum Gasteiger partial charge on any atom is 0.328 e. The average molecular weight is 250 g/mol. The predicted octanol–water partition coefficient (Wildman–Crippen LogP) is 2.98. The van der Waals surface area contributed by atoms with E-state index in [1.165, 1.54) is 12.1 Å². The highest BCUT2D eigenvalue weighted by atomic mass is 16.5. The van der Waals surface area contributed by atoms with E-state index in [1.807, 2.05) is 13.8 Å². The molecular formula is C14H18O4. The number of aliphatic carboxylic acids is 1. The van der Waals surface area contributed by atoms with Crippen molar-refractivity contribution in [3.8, 4) is 5.75 Å². The lowest BCUT2D eigenvalue weighted by Gasteiger charge is -2.15. The number of aromatic hydroxyl groups is 1. The highest BCUT2D eigenvalue weighted by molar-refractivity contribution is 5.85. The molecule has 4 nitrogen and oxygen atoms in total. The van der Waals surface area contributed by atoms with Crippen molar-refractivity contribution in [1.82, 2.24) is 0 Å². The quantitative estimate of drug-likeness (QED) is 0.762. The Kier molecular flexibility index (Phi) is 5.39. The van der Waals surface area contributed by atoms with Crippen LogP contribution in [0.1, 0.15) is 37.5 Å². The highest BCUT2D eigenvalue weighted by Crippen LogP contribution is 2.26. The summed E-state index contributed by atoms with van der Waals surface area (Å²) in [6.45, 7) is 4.52. The fourth-order valence-corrected chi connectivity index (χ4v) is 1.61. The smallest absolute Gasteiger partial charge is 0.328 e. The van der Waals surface area contributed by atoms with Crippen LogP contribution in [0.4, 0.5) is 0 Å². The maximum atomic E-state index is 10.5. The molecule has 0 saturated carbocycles. The molecule has 1 unspecified atom stereocenters. The number of ether oxygens (including phenoxy) is 1. The fraction of sp³-hybridized carbons (Fsp3) is 0.357. The highest BCUT2D eigenvalue weighted by Gasteiger charge is 2.10. The van der Waals surface area contributed by atoms with Crippen molar-refractivity contribution in [2.45, 2.75) is 26.4 Å². The first kappa shape index (κ1) is 14.3. The second-order valence-electron chi connectivity index (χ2n) is 4.00. The lowest BCUT2D eigenvalue weighted by Crippen LogP contribution is -2.03. The molecule has 1 aromatic rings. The summed E-state index contributed by atoms with van der Waals surface area (Å²) < 4.78 is 5.59. The molecule has 0 amide bonds. The molecular weight excluding hydrogens is 232 g/mol. The van der Waals surface area contributed by atoms with E-state index in [-0.39, 0.29) is 11.9 Å². The number of carbonyl (C=O) groups is 1. The van der Waals surface area contributed by atoms with Gasteiger partial charge in [0.1, 0.15) is 5.75 Å². The van der Waals surface area contributed by atoms with Crippen LogP contribution in [-0.2, 0) is 9.53 Å². The second-order valence-corrected chi connectivity index (χ2v) is 4.00. The van der Waals surface area contributed by atoms with Crippen molar-refractivity contribution in [1.29, 1.82) is 0 Å². The average Bonchev–Trinajstić information content (AvgIpc) is 2.34. The Morgan fingerprint density at radius 2 is 2.22 bits per heavy atom. The van der Waals surface area contributed by atoms with Gasteiger partial charge in [-0.3, -0.25) is 0 Å². The number of phenolic OH excluding ortho intramolecular Hbond substituents is 1. The van der Waals surface area contributed by atoms with Crippen LogP contribution >= 0.6 is 0 Å². The van der Waals surface area contributed by atoms with E-state index in [0.29, 0.717) is 6.61 Å². The van der Waals surface area contributed by atoms with Crippen LogP contribution in [0.15, 0.2) is 24.3 Å². The first-order valence-corrected chi connectivity index (χ1v) is 5.90. The molecule has 0 fully saturated rings. The Hall–Kier alpha value is -1.81. The topological polar surface area (TPSA) is 66.8 Å². The van der Waals surface area contributed by atoms with Gasteiger partial charge in [-0.2, -0.15) is 0 Å². The number of hydrogen-bond acceptors (Lipinski definition) is 3. The fourth-order valence-electron chi connectivity index (χ4n) is 1.61. The molecule has 0 aromatic heterocycles. The van der Waals surface area contributed by atoms with Crippen molar-refractivity contribution in [2.24, 2.45) is 0 Å². The molecule has 4 heteroatoms. The number of carboxylic acids is 1. The van der Waals surface area contributed by atoms with Gasteiger partial charge in [0.2, 0.25) is 0 Å². The molecule has 0 aliphatic carbocycles. The van der Waals surface area contributed by atoms with Gasteiger partial charge in [0.15, 0.2) is 0 Å². The Morgan fingerprint density at radius 1 is 1.50 bits per heavy atom. The van der Waals surface area contributed by atoms with Crippen molar-refractivity contribution in [3.05, 3.63) is 35.4 Å². The van der Waals surface area contributed by atoms with Crippen molar-refractivity contribution < 1.29 is 19.7 Å². The van der Waals surface area contributed by atoms with Gasteiger partial charge in [-0.15, -0.1) is 0 Å². The van der Waals surface area contributed by atoms with Crippen LogP contribution in [-0.4, -0.2) is 22.8 Å². The summed E-state index contributed by atoms with van der Waals surface area (Å²) in [4.78, 5) is 10.5. The van der Waals surface area contributed by atoms with E-state index in [2.05, 4.69) is 0 Å². The molecule has 1 aromatic carbocycles. The third-order valence-corrected chi connectivity index (χ3v) is 2.49. The molecule has 0 radical (unpaired) electrons. The zero-order valence-electron chi connectivity index (χ0n) is 10.6. The summed E-state index contributed by atoms with van der Waals surface area (Å²) in [5.41, 5.74) is 1.51. The van der Waals surface area contributed by atoms with Gasteiger partial charge in [-0.1, -0.05) is 13.0 Å². The lowest BCUT2D eigenvalue weighted by atomic mass is 10.0. The van der Waals surface area contributed by atoms with Crippen LogP contribution in [0.25, 0.3) is 6.08 Å². The van der Waals surface area contributed by atoms with Crippen LogP contribution in [0.5, 0.6) is 5.75 Å². The van der Waals surface area contributed by atoms with E-state index in [9.17, 15) is 9.90 Å². The Bertz CT molecular complexity index is 437. The summed E-state index contributed by atoms with van der Waals surface area (Å²) in [6, 6.07) is 4.80.